The van der Waals surface area contributed by atoms with E-state index >= 15 is 0 Å². The Bertz CT molecular complexity index is 715. The number of hydrogen-bond acceptors (Lipinski definition) is 4. The van der Waals surface area contributed by atoms with Gasteiger partial charge >= 0.3 is 0 Å². The van der Waals surface area contributed by atoms with Gasteiger partial charge in [-0.15, -0.1) is 0 Å². The van der Waals surface area contributed by atoms with E-state index < -0.39 is 10.0 Å². The van der Waals surface area contributed by atoms with Crippen LogP contribution >= 0.6 is 0 Å². The van der Waals surface area contributed by atoms with Crippen LogP contribution < -0.4 is 10.5 Å². The summed E-state index contributed by atoms with van der Waals surface area (Å²) in [7, 11) is -3.69. The molecule has 0 saturated carbocycles. The molecular weight excluding hydrogens is 276 g/mol. The molecule has 0 unspecified atom stereocenters. The van der Waals surface area contributed by atoms with Gasteiger partial charge in [0.25, 0.3) is 0 Å². The summed E-state index contributed by atoms with van der Waals surface area (Å²) in [5.74, 6) is 0. The summed E-state index contributed by atoms with van der Waals surface area (Å²) in [6.45, 7) is 6.35. The minimum Gasteiger partial charge on any atom is -0.381 e. The number of H-pyrrole nitrogens is 1. The number of aryl methyl sites for hydroxylation is 3. The Kier molecular flexibility index (Phi) is 3.82. The molecule has 0 atom stereocenters. The molecule has 6 nitrogen and oxygen atoms in total. The first-order valence-electron chi connectivity index (χ1n) is 6.17. The Morgan fingerprint density at radius 3 is 2.55 bits per heavy atom. The van der Waals surface area contributed by atoms with Gasteiger partial charge in [0.2, 0.25) is 10.0 Å². The van der Waals surface area contributed by atoms with Crippen molar-refractivity contribution in [3.63, 3.8) is 0 Å². The Hall–Kier alpha value is -1.86. The molecule has 4 N–H and O–H groups in total. The fourth-order valence-corrected chi connectivity index (χ4v) is 2.53. The summed E-state index contributed by atoms with van der Waals surface area (Å²) < 4.78 is 22.7. The lowest BCUT2D eigenvalue weighted by Crippen LogP contribution is -2.13. The van der Waals surface area contributed by atoms with Crippen molar-refractivity contribution >= 4 is 15.7 Å². The lowest BCUT2D eigenvalue weighted by Gasteiger charge is -2.11. The third-order valence-corrected chi connectivity index (χ3v) is 4.18. The van der Waals surface area contributed by atoms with E-state index in [4.69, 9.17) is 5.14 Å². The van der Waals surface area contributed by atoms with Crippen LogP contribution in [0.5, 0.6) is 0 Å². The van der Waals surface area contributed by atoms with Crippen molar-refractivity contribution in [2.24, 2.45) is 5.14 Å². The Labute approximate surface area is 118 Å². The third kappa shape index (κ3) is 3.00. The van der Waals surface area contributed by atoms with Crippen molar-refractivity contribution in [3.8, 4) is 0 Å². The first-order valence-corrected chi connectivity index (χ1v) is 7.71. The highest BCUT2D eigenvalue weighted by Gasteiger charge is 2.11. The molecule has 2 aromatic rings. The van der Waals surface area contributed by atoms with Crippen LogP contribution in [0, 0.1) is 20.8 Å². The fraction of sp³-hybridized carbons (Fsp3) is 0.308. The lowest BCUT2D eigenvalue weighted by atomic mass is 10.1. The van der Waals surface area contributed by atoms with Gasteiger partial charge in [0.15, 0.2) is 0 Å². The molecule has 1 aromatic heterocycles. The van der Waals surface area contributed by atoms with Gasteiger partial charge in [-0.1, -0.05) is 6.07 Å². The van der Waals surface area contributed by atoms with Gasteiger partial charge < -0.3 is 5.32 Å². The zero-order valence-electron chi connectivity index (χ0n) is 11.7. The van der Waals surface area contributed by atoms with Gasteiger partial charge in [-0.2, -0.15) is 5.10 Å². The van der Waals surface area contributed by atoms with Gasteiger partial charge in [0.1, 0.15) is 0 Å². The van der Waals surface area contributed by atoms with Crippen LogP contribution in [0.4, 0.5) is 5.69 Å². The summed E-state index contributed by atoms with van der Waals surface area (Å²) >= 11 is 0. The van der Waals surface area contributed by atoms with Crippen LogP contribution in [0.1, 0.15) is 22.5 Å². The largest absolute Gasteiger partial charge is 0.381 e. The van der Waals surface area contributed by atoms with E-state index in [1.807, 2.05) is 20.8 Å². The van der Waals surface area contributed by atoms with E-state index in [0.29, 0.717) is 6.54 Å². The van der Waals surface area contributed by atoms with Crippen molar-refractivity contribution in [1.82, 2.24) is 10.2 Å². The van der Waals surface area contributed by atoms with Gasteiger partial charge in [-0.3, -0.25) is 5.10 Å². The highest BCUT2D eigenvalue weighted by Crippen LogP contribution is 2.21. The standard InChI is InChI=1S/C13H18N4O2S/c1-8-4-5-11(20(14,18)19)6-13(8)15-7-12-9(2)16-17-10(12)3/h4-6,15H,7H2,1-3H3,(H,16,17)(H2,14,18,19). The van der Waals surface area contributed by atoms with Gasteiger partial charge in [0.05, 0.1) is 10.6 Å². The van der Waals surface area contributed by atoms with Crippen LogP contribution in [0.2, 0.25) is 0 Å². The summed E-state index contributed by atoms with van der Waals surface area (Å²) in [6, 6.07) is 4.79. The minimum atomic E-state index is -3.69. The van der Waals surface area contributed by atoms with Crippen molar-refractivity contribution in [2.45, 2.75) is 32.2 Å². The van der Waals surface area contributed by atoms with Crippen molar-refractivity contribution < 1.29 is 8.42 Å². The topological polar surface area (TPSA) is 101 Å². The molecule has 0 aliphatic carbocycles. The number of nitrogens with two attached hydrogens (primary N) is 1. The number of anilines is 1. The third-order valence-electron chi connectivity index (χ3n) is 3.27. The maximum Gasteiger partial charge on any atom is 0.238 e. The van der Waals surface area contributed by atoms with Gasteiger partial charge in [0, 0.05) is 23.5 Å². The highest BCUT2D eigenvalue weighted by atomic mass is 32.2. The first kappa shape index (κ1) is 14.5. The van der Waals surface area contributed by atoms with E-state index in [2.05, 4.69) is 15.5 Å². The first-order chi connectivity index (χ1) is 9.29. The molecule has 0 radical (unpaired) electrons. The average Bonchev–Trinajstić information content (AvgIpc) is 2.67. The zero-order chi connectivity index (χ0) is 14.9. The number of primary sulfonamides is 1. The fourth-order valence-electron chi connectivity index (χ4n) is 1.99. The normalized spacial score (nSPS) is 11.6. The van der Waals surface area contributed by atoms with Crippen molar-refractivity contribution in [3.05, 3.63) is 40.7 Å². The number of hydrogen-bond donors (Lipinski definition) is 3. The SMILES string of the molecule is Cc1ccc(S(N)(=O)=O)cc1NCc1c(C)n[nH]c1C. The van der Waals surface area contributed by atoms with E-state index in [1.165, 1.54) is 6.07 Å². The molecule has 1 heterocycles. The maximum atomic E-state index is 11.4. The second-order valence-corrected chi connectivity index (χ2v) is 6.35. The second kappa shape index (κ2) is 5.26. The van der Waals surface area contributed by atoms with Gasteiger partial charge in [-0.05, 0) is 38.5 Å². The summed E-state index contributed by atoms with van der Waals surface area (Å²) in [5.41, 5.74) is 4.70. The quantitative estimate of drug-likeness (QED) is 0.797. The van der Waals surface area contributed by atoms with Crippen LogP contribution in [0.25, 0.3) is 0 Å². The monoisotopic (exact) mass is 294 g/mol. The smallest absolute Gasteiger partial charge is 0.238 e. The zero-order valence-corrected chi connectivity index (χ0v) is 12.5. The molecule has 7 heteroatoms. The molecule has 0 bridgehead atoms. The number of nitrogens with one attached hydrogen (secondary N) is 2. The molecule has 2 rings (SSSR count). The lowest BCUT2D eigenvalue weighted by molar-refractivity contribution is 0.598. The van der Waals surface area contributed by atoms with E-state index in [0.717, 1.165) is 28.2 Å². The number of aromatic amines is 1. The van der Waals surface area contributed by atoms with Crippen LogP contribution in [0.3, 0.4) is 0 Å². The minimum absolute atomic E-state index is 0.103. The number of aromatic nitrogens is 2. The van der Waals surface area contributed by atoms with Gasteiger partial charge in [-0.25, -0.2) is 13.6 Å². The van der Waals surface area contributed by atoms with Crippen molar-refractivity contribution in [1.29, 1.82) is 0 Å². The predicted molar refractivity (Wildman–Crippen MR) is 77.9 cm³/mol. The molecule has 0 amide bonds. The molecule has 0 fully saturated rings. The molecule has 20 heavy (non-hydrogen) atoms. The summed E-state index contributed by atoms with van der Waals surface area (Å²) in [6.07, 6.45) is 0. The Balaban J connectivity index is 2.26. The van der Waals surface area contributed by atoms with E-state index in [-0.39, 0.29) is 4.90 Å². The summed E-state index contributed by atoms with van der Waals surface area (Å²) in [5, 5.41) is 15.4. The van der Waals surface area contributed by atoms with Crippen LogP contribution in [0.15, 0.2) is 23.1 Å². The number of rotatable bonds is 4. The Morgan fingerprint density at radius 2 is 2.00 bits per heavy atom. The van der Waals surface area contributed by atoms with Crippen LogP contribution in [-0.2, 0) is 16.6 Å². The predicted octanol–water partition coefficient (Wildman–Crippen LogP) is 1.59. The average molecular weight is 294 g/mol. The molecule has 0 saturated heterocycles. The summed E-state index contributed by atoms with van der Waals surface area (Å²) in [4.78, 5) is 0.103. The second-order valence-electron chi connectivity index (χ2n) is 4.79. The number of benzene rings is 1. The number of sulfonamides is 1. The molecular formula is C13H18N4O2S. The van der Waals surface area contributed by atoms with Crippen LogP contribution in [-0.4, -0.2) is 18.6 Å². The maximum absolute atomic E-state index is 11.4. The Morgan fingerprint density at radius 1 is 1.30 bits per heavy atom. The molecule has 108 valence electrons. The number of nitrogens with zero attached hydrogens (tertiary/aromatic N) is 1. The molecule has 1 aromatic carbocycles. The van der Waals surface area contributed by atoms with Crippen molar-refractivity contribution in [2.75, 3.05) is 5.32 Å². The van der Waals surface area contributed by atoms with E-state index in [9.17, 15) is 8.42 Å². The van der Waals surface area contributed by atoms with E-state index in [1.54, 1.807) is 12.1 Å². The molecule has 0 aliphatic rings. The molecule has 0 spiro atoms. The molecule has 0 aliphatic heterocycles. The highest BCUT2D eigenvalue weighted by molar-refractivity contribution is 7.89.